The Hall–Kier alpha value is -3.27. The van der Waals surface area contributed by atoms with Gasteiger partial charge in [-0.05, 0) is 77.0 Å². The predicted molar refractivity (Wildman–Crippen MR) is 232 cm³/mol. The van der Waals surface area contributed by atoms with Gasteiger partial charge < -0.3 is 15.7 Å². The van der Waals surface area contributed by atoms with E-state index in [1.54, 1.807) is 0 Å². The summed E-state index contributed by atoms with van der Waals surface area (Å²) in [6, 6.07) is 0. The molecule has 0 spiro atoms. The molecule has 0 aromatic heterocycles. The van der Waals surface area contributed by atoms with Gasteiger partial charge in [0.15, 0.2) is 0 Å². The van der Waals surface area contributed by atoms with Crippen LogP contribution in [0.3, 0.4) is 0 Å². The highest BCUT2D eigenvalue weighted by Gasteiger charge is 2.34. The summed E-state index contributed by atoms with van der Waals surface area (Å²) in [5.74, 6) is -0.534. The summed E-state index contributed by atoms with van der Waals surface area (Å²) in [5.41, 5.74) is 0. The number of aliphatic carboxylic acids is 1. The second kappa shape index (κ2) is 36.4. The van der Waals surface area contributed by atoms with E-state index in [2.05, 4.69) is 113 Å². The molecule has 2 atom stereocenters. The Kier molecular flexibility index (Phi) is 32.9. The monoisotopic (exact) mass is 766 g/mol. The van der Waals surface area contributed by atoms with Gasteiger partial charge in [-0.2, -0.15) is 0 Å². The van der Waals surface area contributed by atoms with Gasteiger partial charge >= 0.3 is 0 Å². The lowest BCUT2D eigenvalue weighted by atomic mass is 10.1. The maximum atomic E-state index is 12.6. The number of nitrogens with zero attached hydrogens (tertiary/aromatic N) is 2. The summed E-state index contributed by atoms with van der Waals surface area (Å²) in [5, 5.41) is 17.5. The van der Waals surface area contributed by atoms with Gasteiger partial charge in [0, 0.05) is 59.0 Å². The molecule has 2 rings (SSSR count). The topological polar surface area (TPSA) is 114 Å². The van der Waals surface area contributed by atoms with Gasteiger partial charge in [-0.25, -0.2) is 0 Å². The molecule has 0 aromatic carbocycles. The van der Waals surface area contributed by atoms with Crippen LogP contribution in [0.15, 0.2) is 72.9 Å². The number of carboxylic acids is 1. The van der Waals surface area contributed by atoms with E-state index in [9.17, 15) is 9.59 Å². The first-order valence-electron chi connectivity index (χ1n) is 21.7. The maximum absolute atomic E-state index is 12.6. The summed E-state index contributed by atoms with van der Waals surface area (Å²) in [4.78, 5) is 38.9. The Labute approximate surface area is 335 Å². The Morgan fingerprint density at radius 1 is 0.509 bits per heavy atom. The van der Waals surface area contributed by atoms with Crippen molar-refractivity contribution in [1.82, 2.24) is 25.8 Å². The van der Waals surface area contributed by atoms with E-state index in [1.807, 2.05) is 0 Å². The first kappa shape index (κ1) is 49.7. The molecular weight excluding hydrogens is 687 g/mol. The average Bonchev–Trinajstić information content (AvgIpc) is 4.09. The fraction of sp³-hybridized carbons (Fsp3) is 0.674. The van der Waals surface area contributed by atoms with Crippen LogP contribution < -0.4 is 16.0 Å². The standard InChI is InChI=1S/C44H75N5O2.C2H4O2/c1-3-5-7-9-11-13-15-17-19-21-23-25-27-29-31-33-43(50)45-39-41(48-35-36-48)47-42(49-37-38-49)40-46-44(51)34-32-30-28-26-24-22-20-18-16-14-12-10-8-6-4-2;1-2(3)4/h5-8,11-14,17-20,41-42,47H,3-4,9-10,15-16,21-40H2,1-2H3,(H,45,50)(H,46,51);1H3,(H,3,4)/b7-5+,8-6+,13-11+,14-12+,19-17+,20-18+;. The highest BCUT2D eigenvalue weighted by atomic mass is 16.4. The molecule has 0 aliphatic carbocycles. The molecule has 0 bridgehead atoms. The molecule has 9 heteroatoms. The highest BCUT2D eigenvalue weighted by Crippen LogP contribution is 2.14. The molecule has 2 heterocycles. The first-order chi connectivity index (χ1) is 26.9. The number of hydrogen-bond donors (Lipinski definition) is 4. The molecule has 9 nitrogen and oxygen atoms in total. The SMILES string of the molecule is CC(=O)O.CC/C=C/C/C=C/C/C=C/CCCCCCCC(=O)NCC(NC(CNC(=O)CCCCCCC/C=C/C/C=C/C/C=C/CC)N1CC1)N1CC1. The van der Waals surface area contributed by atoms with Crippen LogP contribution in [-0.2, 0) is 14.4 Å². The largest absolute Gasteiger partial charge is 0.481 e. The molecule has 2 saturated heterocycles. The van der Waals surface area contributed by atoms with Crippen molar-refractivity contribution in [2.45, 2.75) is 162 Å². The zero-order valence-corrected chi connectivity index (χ0v) is 35.0. The fourth-order valence-electron chi connectivity index (χ4n) is 5.95. The third-order valence-electron chi connectivity index (χ3n) is 9.32. The first-order valence-corrected chi connectivity index (χ1v) is 21.7. The van der Waals surface area contributed by atoms with Crippen molar-refractivity contribution >= 4 is 17.8 Å². The van der Waals surface area contributed by atoms with Crippen LogP contribution in [0.2, 0.25) is 0 Å². The number of unbranched alkanes of at least 4 members (excludes halogenated alkanes) is 10. The van der Waals surface area contributed by atoms with Crippen LogP contribution in [0, 0.1) is 0 Å². The summed E-state index contributed by atoms with van der Waals surface area (Å²) in [6.45, 7) is 10.8. The molecule has 2 fully saturated rings. The van der Waals surface area contributed by atoms with Gasteiger partial charge in [0.2, 0.25) is 11.8 Å². The number of allylic oxidation sites excluding steroid dienone is 12. The van der Waals surface area contributed by atoms with Crippen molar-refractivity contribution in [3.8, 4) is 0 Å². The minimum absolute atomic E-state index is 0.108. The van der Waals surface area contributed by atoms with Crippen LogP contribution in [-0.4, -0.2) is 84.3 Å². The third kappa shape index (κ3) is 34.9. The molecule has 0 saturated carbocycles. The number of hydrogen-bond acceptors (Lipinski definition) is 6. The summed E-state index contributed by atoms with van der Waals surface area (Å²) in [6.07, 6.45) is 48.4. The lowest BCUT2D eigenvalue weighted by molar-refractivity contribution is -0.134. The van der Waals surface area contributed by atoms with Gasteiger partial charge in [0.1, 0.15) is 0 Å². The minimum atomic E-state index is -0.833. The van der Waals surface area contributed by atoms with E-state index in [1.165, 1.54) is 38.5 Å². The van der Waals surface area contributed by atoms with E-state index >= 15 is 0 Å². The molecule has 4 N–H and O–H groups in total. The highest BCUT2D eigenvalue weighted by molar-refractivity contribution is 5.76. The predicted octanol–water partition coefficient (Wildman–Crippen LogP) is 9.36. The number of carboxylic acid groups (broad SMARTS) is 1. The van der Waals surface area contributed by atoms with E-state index in [0.717, 1.165) is 110 Å². The van der Waals surface area contributed by atoms with Gasteiger partial charge in [-0.3, -0.25) is 29.5 Å². The normalized spacial score (nSPS) is 15.8. The Bertz CT molecular complexity index is 1070. The number of carbonyl (C=O) groups excluding carboxylic acids is 2. The molecule has 2 amide bonds. The van der Waals surface area contributed by atoms with Gasteiger partial charge in [0.05, 0.1) is 12.3 Å². The molecule has 312 valence electrons. The van der Waals surface area contributed by atoms with Gasteiger partial charge in [0.25, 0.3) is 5.97 Å². The Balaban J connectivity index is 0.00000359. The second-order valence-electron chi connectivity index (χ2n) is 14.6. The summed E-state index contributed by atoms with van der Waals surface area (Å²) >= 11 is 0. The molecule has 0 radical (unpaired) electrons. The number of nitrogens with one attached hydrogen (secondary N) is 3. The van der Waals surface area contributed by atoms with E-state index in [-0.39, 0.29) is 24.1 Å². The number of carbonyl (C=O) groups is 3. The van der Waals surface area contributed by atoms with Crippen LogP contribution >= 0.6 is 0 Å². The molecule has 2 aliphatic rings. The van der Waals surface area contributed by atoms with Crippen molar-refractivity contribution in [3.63, 3.8) is 0 Å². The van der Waals surface area contributed by atoms with Crippen LogP contribution in [0.4, 0.5) is 0 Å². The molecule has 55 heavy (non-hydrogen) atoms. The van der Waals surface area contributed by atoms with E-state index in [0.29, 0.717) is 25.9 Å². The number of amides is 2. The Morgan fingerprint density at radius 2 is 0.818 bits per heavy atom. The zero-order chi connectivity index (χ0) is 40.0. The quantitative estimate of drug-likeness (QED) is 0.0293. The minimum Gasteiger partial charge on any atom is -0.481 e. The summed E-state index contributed by atoms with van der Waals surface area (Å²) in [7, 11) is 0. The van der Waals surface area contributed by atoms with Gasteiger partial charge in [-0.15, -0.1) is 0 Å². The fourth-order valence-corrected chi connectivity index (χ4v) is 5.95. The molecule has 2 aliphatic heterocycles. The molecule has 0 aromatic rings. The number of rotatable bonds is 34. The molecule has 2 unspecified atom stereocenters. The van der Waals surface area contributed by atoms with Crippen molar-refractivity contribution < 1.29 is 19.5 Å². The molecular formula is C46H79N5O4. The van der Waals surface area contributed by atoms with Crippen molar-refractivity contribution in [3.05, 3.63) is 72.9 Å². The zero-order valence-electron chi connectivity index (χ0n) is 35.0. The van der Waals surface area contributed by atoms with Crippen molar-refractivity contribution in [1.29, 1.82) is 0 Å². The maximum Gasteiger partial charge on any atom is 0.300 e. The van der Waals surface area contributed by atoms with E-state index < -0.39 is 5.97 Å². The third-order valence-corrected chi connectivity index (χ3v) is 9.32. The van der Waals surface area contributed by atoms with Crippen LogP contribution in [0.5, 0.6) is 0 Å². The van der Waals surface area contributed by atoms with Crippen molar-refractivity contribution in [2.24, 2.45) is 0 Å². The van der Waals surface area contributed by atoms with Crippen LogP contribution in [0.1, 0.15) is 149 Å². The summed E-state index contributed by atoms with van der Waals surface area (Å²) < 4.78 is 0. The second-order valence-corrected chi connectivity index (χ2v) is 14.6. The lowest BCUT2D eigenvalue weighted by Crippen LogP contribution is -2.55. The lowest BCUT2D eigenvalue weighted by Gasteiger charge is -2.28. The van der Waals surface area contributed by atoms with Crippen LogP contribution in [0.25, 0.3) is 0 Å². The smallest absolute Gasteiger partial charge is 0.300 e. The Morgan fingerprint density at radius 3 is 1.16 bits per heavy atom. The average molecular weight is 766 g/mol. The van der Waals surface area contributed by atoms with Gasteiger partial charge in [-0.1, -0.05) is 125 Å². The van der Waals surface area contributed by atoms with Crippen molar-refractivity contribution in [2.75, 3.05) is 39.3 Å². The van der Waals surface area contributed by atoms with E-state index in [4.69, 9.17) is 9.90 Å².